The first-order valence-corrected chi connectivity index (χ1v) is 7.85. The minimum absolute atomic E-state index is 0.0281. The zero-order valence-corrected chi connectivity index (χ0v) is 11.9. The topological polar surface area (TPSA) is 85.1 Å². The zero-order valence-electron chi connectivity index (χ0n) is 11.1. The second kappa shape index (κ2) is 6.15. The second-order valence-electron chi connectivity index (χ2n) is 4.83. The van der Waals surface area contributed by atoms with Crippen LogP contribution in [-0.4, -0.2) is 32.2 Å². The quantitative estimate of drug-likeness (QED) is 0.814. The monoisotopic (exact) mass is 271 g/mol. The molecule has 0 bridgehead atoms. The molecule has 102 valence electrons. The van der Waals surface area contributed by atoms with E-state index in [4.69, 9.17) is 5.73 Å². The maximum Gasteiger partial charge on any atom is 0.179 e. The smallest absolute Gasteiger partial charge is 0.179 e. The Kier molecular flexibility index (Phi) is 5.10. The summed E-state index contributed by atoms with van der Waals surface area (Å²) >= 11 is 0. The molecule has 1 aromatic rings. The first-order chi connectivity index (χ1) is 8.34. The highest BCUT2D eigenvalue weighted by atomic mass is 32.2. The van der Waals surface area contributed by atoms with Crippen molar-refractivity contribution in [2.45, 2.75) is 31.2 Å². The molecule has 1 aromatic heterocycles. The van der Waals surface area contributed by atoms with Gasteiger partial charge in [-0.2, -0.15) is 0 Å². The molecule has 0 aliphatic heterocycles. The predicted octanol–water partition coefficient (Wildman–Crippen LogP) is 1.27. The lowest BCUT2D eigenvalue weighted by atomic mass is 10.0. The number of nitrogens with one attached hydrogen (secondary N) is 1. The van der Waals surface area contributed by atoms with E-state index >= 15 is 0 Å². The Morgan fingerprint density at radius 3 is 2.61 bits per heavy atom. The van der Waals surface area contributed by atoms with Crippen LogP contribution < -0.4 is 11.1 Å². The van der Waals surface area contributed by atoms with Crippen molar-refractivity contribution < 1.29 is 8.42 Å². The van der Waals surface area contributed by atoms with Gasteiger partial charge in [0.2, 0.25) is 0 Å². The fraction of sp³-hybridized carbons (Fsp3) is 0.583. The third-order valence-corrected chi connectivity index (χ3v) is 3.68. The molecule has 1 unspecified atom stereocenters. The van der Waals surface area contributed by atoms with Gasteiger partial charge < -0.3 is 11.1 Å². The third kappa shape index (κ3) is 4.27. The second-order valence-corrected chi connectivity index (χ2v) is 6.81. The molecule has 0 fully saturated rings. The van der Waals surface area contributed by atoms with Crippen molar-refractivity contribution in [3.63, 3.8) is 0 Å². The number of nitrogens with two attached hydrogens (primary N) is 1. The van der Waals surface area contributed by atoms with E-state index in [9.17, 15) is 8.42 Å². The first-order valence-electron chi connectivity index (χ1n) is 5.96. The molecule has 1 heterocycles. The van der Waals surface area contributed by atoms with Crippen molar-refractivity contribution in [3.05, 3.63) is 18.3 Å². The Morgan fingerprint density at radius 1 is 1.44 bits per heavy atom. The molecule has 0 aliphatic carbocycles. The SMILES string of the molecule is CC(C)CC(CN)Nc1ncccc1S(C)(=O)=O. The molecule has 0 spiro atoms. The normalized spacial score (nSPS) is 13.6. The van der Waals surface area contributed by atoms with E-state index in [1.807, 2.05) is 0 Å². The highest BCUT2D eigenvalue weighted by Gasteiger charge is 2.17. The van der Waals surface area contributed by atoms with Gasteiger partial charge in [-0.25, -0.2) is 13.4 Å². The molecular weight excluding hydrogens is 250 g/mol. The van der Waals surface area contributed by atoms with Crippen LogP contribution in [0.25, 0.3) is 0 Å². The lowest BCUT2D eigenvalue weighted by Gasteiger charge is -2.20. The number of rotatable bonds is 6. The van der Waals surface area contributed by atoms with Crippen molar-refractivity contribution in [2.75, 3.05) is 18.1 Å². The molecule has 5 nitrogen and oxygen atoms in total. The molecule has 0 radical (unpaired) electrons. The summed E-state index contributed by atoms with van der Waals surface area (Å²) in [6.07, 6.45) is 3.62. The van der Waals surface area contributed by atoms with E-state index < -0.39 is 9.84 Å². The highest BCUT2D eigenvalue weighted by Crippen LogP contribution is 2.19. The largest absolute Gasteiger partial charge is 0.365 e. The Labute approximate surface area is 109 Å². The molecule has 0 saturated heterocycles. The number of sulfone groups is 1. The van der Waals surface area contributed by atoms with Crippen LogP contribution in [0, 0.1) is 5.92 Å². The van der Waals surface area contributed by atoms with E-state index in [2.05, 4.69) is 24.1 Å². The standard InChI is InChI=1S/C12H21N3O2S/c1-9(2)7-10(8-13)15-12-11(18(3,16)17)5-4-6-14-12/h4-6,9-10H,7-8,13H2,1-3H3,(H,14,15). The van der Waals surface area contributed by atoms with Gasteiger partial charge in [0.25, 0.3) is 0 Å². The van der Waals surface area contributed by atoms with Gasteiger partial charge in [-0.15, -0.1) is 0 Å². The van der Waals surface area contributed by atoms with Crippen LogP contribution in [0.3, 0.4) is 0 Å². The fourth-order valence-corrected chi connectivity index (χ4v) is 2.56. The van der Waals surface area contributed by atoms with Crippen LogP contribution in [-0.2, 0) is 9.84 Å². The molecular formula is C12H21N3O2S. The first kappa shape index (κ1) is 14.9. The number of aromatic nitrogens is 1. The Balaban J connectivity index is 2.96. The van der Waals surface area contributed by atoms with Gasteiger partial charge in [-0.1, -0.05) is 13.8 Å². The summed E-state index contributed by atoms with van der Waals surface area (Å²) < 4.78 is 23.3. The van der Waals surface area contributed by atoms with E-state index in [-0.39, 0.29) is 10.9 Å². The summed E-state index contributed by atoms with van der Waals surface area (Å²) in [4.78, 5) is 4.31. The van der Waals surface area contributed by atoms with E-state index in [1.54, 1.807) is 18.3 Å². The average molecular weight is 271 g/mol. The van der Waals surface area contributed by atoms with Gasteiger partial charge in [0, 0.05) is 25.0 Å². The van der Waals surface area contributed by atoms with Gasteiger partial charge in [0.15, 0.2) is 9.84 Å². The van der Waals surface area contributed by atoms with E-state index in [0.29, 0.717) is 18.3 Å². The molecule has 0 amide bonds. The molecule has 6 heteroatoms. The number of anilines is 1. The maximum absolute atomic E-state index is 11.6. The molecule has 0 aliphatic rings. The fourth-order valence-electron chi connectivity index (χ4n) is 1.77. The van der Waals surface area contributed by atoms with Crippen molar-refractivity contribution in [3.8, 4) is 0 Å². The minimum atomic E-state index is -3.28. The summed E-state index contributed by atoms with van der Waals surface area (Å²) in [5.74, 6) is 0.868. The van der Waals surface area contributed by atoms with Crippen LogP contribution in [0.2, 0.25) is 0 Å². The lowest BCUT2D eigenvalue weighted by molar-refractivity contribution is 0.520. The van der Waals surface area contributed by atoms with Crippen molar-refractivity contribution >= 4 is 15.7 Å². The summed E-state index contributed by atoms with van der Waals surface area (Å²) in [6, 6.07) is 3.19. The van der Waals surface area contributed by atoms with E-state index in [0.717, 1.165) is 6.42 Å². The van der Waals surface area contributed by atoms with Gasteiger partial charge in [0.1, 0.15) is 10.7 Å². The maximum atomic E-state index is 11.6. The molecule has 18 heavy (non-hydrogen) atoms. The number of pyridine rings is 1. The van der Waals surface area contributed by atoms with Gasteiger partial charge in [-0.05, 0) is 24.5 Å². The number of hydrogen-bond donors (Lipinski definition) is 2. The number of hydrogen-bond acceptors (Lipinski definition) is 5. The van der Waals surface area contributed by atoms with Gasteiger partial charge >= 0.3 is 0 Å². The minimum Gasteiger partial charge on any atom is -0.365 e. The van der Waals surface area contributed by atoms with Crippen LogP contribution in [0.4, 0.5) is 5.82 Å². The molecule has 0 saturated carbocycles. The van der Waals surface area contributed by atoms with Gasteiger partial charge in [0.05, 0.1) is 0 Å². The molecule has 1 rings (SSSR count). The summed E-state index contributed by atoms with van der Waals surface area (Å²) in [7, 11) is -3.28. The lowest BCUT2D eigenvalue weighted by Crippen LogP contribution is -2.31. The highest BCUT2D eigenvalue weighted by molar-refractivity contribution is 7.90. The summed E-state index contributed by atoms with van der Waals surface area (Å²) in [6.45, 7) is 4.64. The Hall–Kier alpha value is -1.14. The molecule has 1 atom stereocenters. The molecule has 3 N–H and O–H groups in total. The third-order valence-electron chi connectivity index (χ3n) is 2.55. The van der Waals surface area contributed by atoms with Crippen LogP contribution in [0.5, 0.6) is 0 Å². The summed E-state index contributed by atoms with van der Waals surface area (Å²) in [5, 5.41) is 3.12. The van der Waals surface area contributed by atoms with Crippen molar-refractivity contribution in [2.24, 2.45) is 11.7 Å². The average Bonchev–Trinajstić information content (AvgIpc) is 2.26. The van der Waals surface area contributed by atoms with Crippen molar-refractivity contribution in [1.82, 2.24) is 4.98 Å². The van der Waals surface area contributed by atoms with Crippen LogP contribution in [0.15, 0.2) is 23.2 Å². The zero-order chi connectivity index (χ0) is 13.8. The van der Waals surface area contributed by atoms with Crippen LogP contribution >= 0.6 is 0 Å². The van der Waals surface area contributed by atoms with E-state index in [1.165, 1.54) is 6.26 Å². The van der Waals surface area contributed by atoms with Gasteiger partial charge in [-0.3, -0.25) is 0 Å². The Morgan fingerprint density at radius 2 is 2.11 bits per heavy atom. The van der Waals surface area contributed by atoms with Crippen LogP contribution in [0.1, 0.15) is 20.3 Å². The summed E-state index contributed by atoms with van der Waals surface area (Å²) in [5.41, 5.74) is 5.69. The number of nitrogens with zero attached hydrogens (tertiary/aromatic N) is 1. The Bertz CT molecular complexity index is 486. The molecule has 0 aromatic carbocycles. The predicted molar refractivity (Wildman–Crippen MR) is 73.3 cm³/mol. The van der Waals surface area contributed by atoms with Crippen molar-refractivity contribution in [1.29, 1.82) is 0 Å².